The third-order valence-corrected chi connectivity index (χ3v) is 5.36. The standard InChI is InChI=1S/C20H31N5O2.HI/c1-22-20(25-10-4-5-15(14-25)11-18(21)26)24-13-16-8-9-19(23-12-16)27-17-6-2-3-7-17;/h8-9,12,15,17H,2-7,10-11,13-14H2,1H3,(H2,21,26)(H,22,24);1H. The number of pyridine rings is 1. The molecule has 8 heteroatoms. The van der Waals surface area contributed by atoms with Crippen LogP contribution in [0.15, 0.2) is 23.3 Å². The minimum absolute atomic E-state index is 0. The molecule has 1 aliphatic carbocycles. The number of hydrogen-bond acceptors (Lipinski definition) is 4. The number of ether oxygens (including phenoxy) is 1. The number of piperidine rings is 1. The van der Waals surface area contributed by atoms with Gasteiger partial charge in [-0.05, 0) is 50.0 Å². The first-order chi connectivity index (χ1) is 13.1. The van der Waals surface area contributed by atoms with Crippen molar-refractivity contribution in [3.8, 4) is 5.88 Å². The van der Waals surface area contributed by atoms with E-state index in [4.69, 9.17) is 10.5 Å². The van der Waals surface area contributed by atoms with Gasteiger partial charge >= 0.3 is 0 Å². The van der Waals surface area contributed by atoms with Crippen LogP contribution in [0.1, 0.15) is 50.5 Å². The summed E-state index contributed by atoms with van der Waals surface area (Å²) in [4.78, 5) is 22.2. The lowest BCUT2D eigenvalue weighted by molar-refractivity contribution is -0.119. The van der Waals surface area contributed by atoms with E-state index in [1.54, 1.807) is 7.05 Å². The van der Waals surface area contributed by atoms with Crippen LogP contribution in [-0.2, 0) is 11.3 Å². The molecule has 0 aromatic carbocycles. The Hall–Kier alpha value is -1.58. The van der Waals surface area contributed by atoms with Crippen LogP contribution in [0.4, 0.5) is 0 Å². The zero-order chi connectivity index (χ0) is 19.1. The predicted octanol–water partition coefficient (Wildman–Crippen LogP) is 2.68. The summed E-state index contributed by atoms with van der Waals surface area (Å²) in [5, 5.41) is 3.40. The second-order valence-electron chi connectivity index (χ2n) is 7.55. The summed E-state index contributed by atoms with van der Waals surface area (Å²) in [5.41, 5.74) is 6.44. The topological polar surface area (TPSA) is 92.8 Å². The van der Waals surface area contributed by atoms with Crippen molar-refractivity contribution in [2.75, 3.05) is 20.1 Å². The average molecular weight is 501 g/mol. The molecule has 3 rings (SSSR count). The van der Waals surface area contributed by atoms with Gasteiger partial charge in [-0.1, -0.05) is 6.07 Å². The Morgan fingerprint density at radius 2 is 2.11 bits per heavy atom. The summed E-state index contributed by atoms with van der Waals surface area (Å²) in [7, 11) is 1.79. The van der Waals surface area contributed by atoms with Crippen LogP contribution in [0, 0.1) is 5.92 Å². The van der Waals surface area contributed by atoms with E-state index in [2.05, 4.69) is 20.2 Å². The Kier molecular flexibility index (Phi) is 9.27. The van der Waals surface area contributed by atoms with Gasteiger partial charge in [-0.2, -0.15) is 0 Å². The Bertz CT molecular complexity index is 647. The first kappa shape index (κ1) is 22.7. The van der Waals surface area contributed by atoms with Crippen molar-refractivity contribution >= 4 is 35.8 Å². The molecule has 1 amide bonds. The van der Waals surface area contributed by atoms with Crippen LogP contribution in [0.2, 0.25) is 0 Å². The highest BCUT2D eigenvalue weighted by molar-refractivity contribution is 14.0. The summed E-state index contributed by atoms with van der Waals surface area (Å²) >= 11 is 0. The second kappa shape index (κ2) is 11.4. The molecule has 2 aliphatic rings. The van der Waals surface area contributed by atoms with Crippen LogP contribution in [0.25, 0.3) is 0 Å². The maximum absolute atomic E-state index is 11.2. The summed E-state index contributed by atoms with van der Waals surface area (Å²) in [6.45, 7) is 2.41. The Morgan fingerprint density at radius 3 is 2.75 bits per heavy atom. The van der Waals surface area contributed by atoms with Crippen LogP contribution in [0.5, 0.6) is 5.88 Å². The molecule has 2 heterocycles. The number of rotatable bonds is 6. The molecule has 3 N–H and O–H groups in total. The fourth-order valence-corrected chi connectivity index (χ4v) is 3.98. The number of amides is 1. The molecule has 1 atom stereocenters. The fraction of sp³-hybridized carbons (Fsp3) is 0.650. The predicted molar refractivity (Wildman–Crippen MR) is 121 cm³/mol. The lowest BCUT2D eigenvalue weighted by atomic mass is 9.95. The normalized spacial score (nSPS) is 20.5. The number of nitrogens with zero attached hydrogens (tertiary/aromatic N) is 3. The van der Waals surface area contributed by atoms with Gasteiger partial charge in [-0.25, -0.2) is 4.98 Å². The molecule has 0 spiro atoms. The van der Waals surface area contributed by atoms with Gasteiger partial charge in [0.25, 0.3) is 0 Å². The van der Waals surface area contributed by atoms with E-state index in [0.717, 1.165) is 50.3 Å². The fourth-order valence-electron chi connectivity index (χ4n) is 3.98. The van der Waals surface area contributed by atoms with E-state index in [0.29, 0.717) is 30.9 Å². The molecule has 1 aromatic rings. The molecule has 1 aliphatic heterocycles. The minimum Gasteiger partial charge on any atom is -0.474 e. The number of aromatic nitrogens is 1. The molecule has 7 nitrogen and oxygen atoms in total. The largest absolute Gasteiger partial charge is 0.474 e. The van der Waals surface area contributed by atoms with Crippen LogP contribution < -0.4 is 15.8 Å². The van der Waals surface area contributed by atoms with Gasteiger partial charge in [0.1, 0.15) is 6.10 Å². The number of nitrogens with two attached hydrogens (primary N) is 1. The van der Waals surface area contributed by atoms with Crippen molar-refractivity contribution in [1.29, 1.82) is 0 Å². The van der Waals surface area contributed by atoms with Crippen molar-refractivity contribution in [3.63, 3.8) is 0 Å². The molecule has 156 valence electrons. The molecule has 0 radical (unpaired) electrons. The molecule has 1 saturated carbocycles. The Balaban J connectivity index is 0.00000280. The number of carbonyl (C=O) groups excluding carboxylic acids is 1. The van der Waals surface area contributed by atoms with Gasteiger partial charge in [0.05, 0.1) is 0 Å². The van der Waals surface area contributed by atoms with Gasteiger partial charge in [0, 0.05) is 45.4 Å². The maximum atomic E-state index is 11.2. The van der Waals surface area contributed by atoms with Crippen LogP contribution in [0.3, 0.4) is 0 Å². The summed E-state index contributed by atoms with van der Waals surface area (Å²) < 4.78 is 5.91. The molecule has 28 heavy (non-hydrogen) atoms. The number of halogens is 1. The highest BCUT2D eigenvalue weighted by atomic mass is 127. The van der Waals surface area contributed by atoms with E-state index in [9.17, 15) is 4.79 Å². The number of guanidine groups is 1. The lowest BCUT2D eigenvalue weighted by Gasteiger charge is -2.34. The first-order valence-electron chi connectivity index (χ1n) is 9.99. The van der Waals surface area contributed by atoms with Crippen molar-refractivity contribution < 1.29 is 9.53 Å². The highest BCUT2D eigenvalue weighted by Crippen LogP contribution is 2.23. The van der Waals surface area contributed by atoms with E-state index in [1.807, 2.05) is 18.3 Å². The van der Waals surface area contributed by atoms with Crippen LogP contribution >= 0.6 is 24.0 Å². The molecule has 1 aromatic heterocycles. The number of primary amides is 1. The average Bonchev–Trinajstić information content (AvgIpc) is 3.16. The van der Waals surface area contributed by atoms with E-state index in [1.165, 1.54) is 12.8 Å². The molecule has 1 unspecified atom stereocenters. The number of likely N-dealkylation sites (tertiary alicyclic amines) is 1. The number of hydrogen-bond donors (Lipinski definition) is 2. The van der Waals surface area contributed by atoms with Crippen LogP contribution in [-0.4, -0.2) is 48.0 Å². The molecular weight excluding hydrogens is 469 g/mol. The highest BCUT2D eigenvalue weighted by Gasteiger charge is 2.23. The first-order valence-corrected chi connectivity index (χ1v) is 9.99. The molecule has 0 bridgehead atoms. The van der Waals surface area contributed by atoms with Gasteiger partial charge in [-0.3, -0.25) is 9.79 Å². The van der Waals surface area contributed by atoms with Gasteiger partial charge < -0.3 is 20.7 Å². The molecule has 2 fully saturated rings. The summed E-state index contributed by atoms with van der Waals surface area (Å²) in [6, 6.07) is 3.99. The molecule has 1 saturated heterocycles. The van der Waals surface area contributed by atoms with Crippen molar-refractivity contribution in [1.82, 2.24) is 15.2 Å². The van der Waals surface area contributed by atoms with Crippen molar-refractivity contribution in [3.05, 3.63) is 23.9 Å². The maximum Gasteiger partial charge on any atom is 0.217 e. The van der Waals surface area contributed by atoms with Crippen molar-refractivity contribution in [2.45, 2.75) is 57.6 Å². The van der Waals surface area contributed by atoms with E-state index >= 15 is 0 Å². The van der Waals surface area contributed by atoms with E-state index < -0.39 is 0 Å². The van der Waals surface area contributed by atoms with E-state index in [-0.39, 0.29) is 29.9 Å². The summed E-state index contributed by atoms with van der Waals surface area (Å²) in [6.07, 6.45) is 9.49. The Labute approximate surface area is 184 Å². The van der Waals surface area contributed by atoms with Gasteiger partial charge in [0.2, 0.25) is 11.8 Å². The minimum atomic E-state index is -0.226. The third-order valence-electron chi connectivity index (χ3n) is 5.36. The Morgan fingerprint density at radius 1 is 1.32 bits per heavy atom. The third kappa shape index (κ3) is 6.79. The van der Waals surface area contributed by atoms with Crippen molar-refractivity contribution in [2.24, 2.45) is 16.6 Å². The number of aliphatic imine (C=N–C) groups is 1. The quantitative estimate of drug-likeness (QED) is 0.355. The number of carbonyl (C=O) groups is 1. The SMILES string of the molecule is CN=C(NCc1ccc(OC2CCCC2)nc1)N1CCCC(CC(N)=O)C1.I. The second-order valence-corrected chi connectivity index (χ2v) is 7.55. The smallest absolute Gasteiger partial charge is 0.217 e. The summed E-state index contributed by atoms with van der Waals surface area (Å²) in [5.74, 6) is 1.65. The number of nitrogens with one attached hydrogen (secondary N) is 1. The van der Waals surface area contributed by atoms with Gasteiger partial charge in [0.15, 0.2) is 5.96 Å². The molecular formula is C20H32IN5O2. The lowest BCUT2D eigenvalue weighted by Crippen LogP contribution is -2.46. The monoisotopic (exact) mass is 501 g/mol. The zero-order valence-corrected chi connectivity index (χ0v) is 18.9. The van der Waals surface area contributed by atoms with Gasteiger partial charge in [-0.15, -0.1) is 24.0 Å². The zero-order valence-electron chi connectivity index (χ0n) is 16.6.